The first kappa shape index (κ1) is 15.6. The molecule has 1 rings (SSSR count). The largest absolute Gasteiger partial charge is 0.350 e. The van der Waals surface area contributed by atoms with E-state index in [1.54, 1.807) is 11.8 Å². The summed E-state index contributed by atoms with van der Waals surface area (Å²) >= 11 is 5.01. The maximum Gasteiger partial charge on any atom is 0.233 e. The van der Waals surface area contributed by atoms with Crippen LogP contribution in [0.5, 0.6) is 0 Å². The molecule has 0 radical (unpaired) electrons. The van der Waals surface area contributed by atoms with E-state index >= 15 is 0 Å². The summed E-state index contributed by atoms with van der Waals surface area (Å²) in [5.41, 5.74) is -0.136. The van der Waals surface area contributed by atoms with Crippen molar-refractivity contribution >= 4 is 33.6 Å². The molecule has 1 amide bonds. The molecule has 0 aromatic heterocycles. The lowest BCUT2D eigenvalue weighted by molar-refractivity contribution is -0.121. The molecular formula is C14H20BrNOS. The molecule has 0 fully saturated rings. The normalized spacial score (nSPS) is 13.2. The van der Waals surface area contributed by atoms with Crippen LogP contribution in [0, 0.1) is 0 Å². The Morgan fingerprint density at radius 2 is 2.17 bits per heavy atom. The molecule has 4 heteroatoms. The number of rotatable bonds is 5. The molecule has 1 atom stereocenters. The molecule has 0 aliphatic rings. The maximum absolute atomic E-state index is 12.1. The van der Waals surface area contributed by atoms with Crippen molar-refractivity contribution in [1.29, 1.82) is 0 Å². The number of carbonyl (C=O) groups excluding carboxylic acids is 1. The highest BCUT2D eigenvalue weighted by Gasteiger charge is 2.22. The standard InChI is InChI=1S/C14H20BrNOS/c1-5-14(3,4)16-13(17)10(2)18-12-8-6-7-11(15)9-12/h6-10H,5H2,1-4H3,(H,16,17). The second-order valence-corrected chi connectivity index (χ2v) is 7.27. The molecule has 1 unspecified atom stereocenters. The summed E-state index contributed by atoms with van der Waals surface area (Å²) in [6.07, 6.45) is 0.924. The Balaban J connectivity index is 2.60. The van der Waals surface area contributed by atoms with Crippen molar-refractivity contribution in [3.8, 4) is 0 Å². The molecule has 0 saturated heterocycles. The van der Waals surface area contributed by atoms with E-state index in [0.717, 1.165) is 15.8 Å². The van der Waals surface area contributed by atoms with Gasteiger partial charge in [-0.05, 0) is 45.4 Å². The third kappa shape index (κ3) is 5.02. The quantitative estimate of drug-likeness (QED) is 0.819. The van der Waals surface area contributed by atoms with Gasteiger partial charge in [-0.1, -0.05) is 28.9 Å². The van der Waals surface area contributed by atoms with E-state index in [9.17, 15) is 4.79 Å². The van der Waals surface area contributed by atoms with Crippen molar-refractivity contribution in [2.45, 2.75) is 49.8 Å². The fourth-order valence-corrected chi connectivity index (χ4v) is 2.80. The van der Waals surface area contributed by atoms with E-state index in [1.807, 2.05) is 45.0 Å². The first-order valence-electron chi connectivity index (χ1n) is 6.08. The minimum Gasteiger partial charge on any atom is -0.350 e. The highest BCUT2D eigenvalue weighted by Crippen LogP contribution is 2.26. The van der Waals surface area contributed by atoms with Gasteiger partial charge in [0, 0.05) is 14.9 Å². The smallest absolute Gasteiger partial charge is 0.233 e. The molecule has 0 bridgehead atoms. The summed E-state index contributed by atoms with van der Waals surface area (Å²) in [7, 11) is 0. The predicted octanol–water partition coefficient (Wildman–Crippen LogP) is 4.23. The number of nitrogens with one attached hydrogen (secondary N) is 1. The Morgan fingerprint density at radius 1 is 1.50 bits per heavy atom. The number of amides is 1. The summed E-state index contributed by atoms with van der Waals surface area (Å²) in [6.45, 7) is 8.10. The van der Waals surface area contributed by atoms with Crippen molar-refractivity contribution in [2.24, 2.45) is 0 Å². The molecule has 2 nitrogen and oxygen atoms in total. The summed E-state index contributed by atoms with van der Waals surface area (Å²) in [5.74, 6) is 0.0897. The number of thioether (sulfide) groups is 1. The molecule has 1 N–H and O–H groups in total. The van der Waals surface area contributed by atoms with Gasteiger partial charge < -0.3 is 5.32 Å². The van der Waals surface area contributed by atoms with Crippen LogP contribution in [0.25, 0.3) is 0 Å². The predicted molar refractivity (Wildman–Crippen MR) is 82.0 cm³/mol. The second-order valence-electron chi connectivity index (χ2n) is 4.94. The maximum atomic E-state index is 12.1. The Hall–Kier alpha value is -0.480. The van der Waals surface area contributed by atoms with Crippen molar-refractivity contribution in [1.82, 2.24) is 5.32 Å². The van der Waals surface area contributed by atoms with Crippen molar-refractivity contribution < 1.29 is 4.79 Å². The van der Waals surface area contributed by atoms with Crippen LogP contribution >= 0.6 is 27.7 Å². The zero-order valence-electron chi connectivity index (χ0n) is 11.3. The van der Waals surface area contributed by atoms with Gasteiger partial charge in [0.2, 0.25) is 5.91 Å². The van der Waals surface area contributed by atoms with E-state index in [1.165, 1.54) is 0 Å². The fraction of sp³-hybridized carbons (Fsp3) is 0.500. The number of carbonyl (C=O) groups is 1. The van der Waals surface area contributed by atoms with Crippen LogP contribution in [0.3, 0.4) is 0 Å². The van der Waals surface area contributed by atoms with Crippen LogP contribution in [0.15, 0.2) is 33.6 Å². The van der Waals surface area contributed by atoms with Gasteiger partial charge in [0.05, 0.1) is 5.25 Å². The van der Waals surface area contributed by atoms with Crippen LogP contribution < -0.4 is 5.32 Å². The van der Waals surface area contributed by atoms with Gasteiger partial charge in [-0.3, -0.25) is 4.79 Å². The van der Waals surface area contributed by atoms with Gasteiger partial charge in [0.25, 0.3) is 0 Å². The third-order valence-electron chi connectivity index (χ3n) is 2.82. The van der Waals surface area contributed by atoms with E-state index in [2.05, 4.69) is 28.2 Å². The molecule has 0 heterocycles. The first-order chi connectivity index (χ1) is 8.34. The van der Waals surface area contributed by atoms with Crippen molar-refractivity contribution in [3.63, 3.8) is 0 Å². The average molecular weight is 330 g/mol. The van der Waals surface area contributed by atoms with E-state index in [4.69, 9.17) is 0 Å². The van der Waals surface area contributed by atoms with Crippen LogP contribution in [0.2, 0.25) is 0 Å². The van der Waals surface area contributed by atoms with Crippen molar-refractivity contribution in [3.05, 3.63) is 28.7 Å². The Morgan fingerprint density at radius 3 is 2.72 bits per heavy atom. The molecule has 1 aromatic carbocycles. The highest BCUT2D eigenvalue weighted by molar-refractivity contribution is 9.10. The number of benzene rings is 1. The molecule has 0 saturated carbocycles. The van der Waals surface area contributed by atoms with Gasteiger partial charge in [0.15, 0.2) is 0 Å². The number of hydrogen-bond donors (Lipinski definition) is 1. The summed E-state index contributed by atoms with van der Waals surface area (Å²) in [6, 6.07) is 8.01. The van der Waals surface area contributed by atoms with Gasteiger partial charge in [-0.15, -0.1) is 11.8 Å². The van der Waals surface area contributed by atoms with Gasteiger partial charge in [0.1, 0.15) is 0 Å². The lowest BCUT2D eigenvalue weighted by atomic mass is 10.0. The Bertz CT molecular complexity index is 420. The van der Waals surface area contributed by atoms with Gasteiger partial charge in [-0.25, -0.2) is 0 Å². The van der Waals surface area contributed by atoms with Crippen LogP contribution in [0.4, 0.5) is 0 Å². The summed E-state index contributed by atoms with van der Waals surface area (Å²) < 4.78 is 1.04. The van der Waals surface area contributed by atoms with Crippen LogP contribution in [-0.2, 0) is 4.79 Å². The monoisotopic (exact) mass is 329 g/mol. The molecule has 1 aromatic rings. The first-order valence-corrected chi connectivity index (χ1v) is 7.75. The molecular weight excluding hydrogens is 310 g/mol. The molecule has 18 heavy (non-hydrogen) atoms. The van der Waals surface area contributed by atoms with Gasteiger partial charge >= 0.3 is 0 Å². The SMILES string of the molecule is CCC(C)(C)NC(=O)C(C)Sc1cccc(Br)c1. The molecule has 0 spiro atoms. The minimum absolute atomic E-state index is 0.0897. The topological polar surface area (TPSA) is 29.1 Å². The van der Waals surface area contributed by atoms with E-state index in [-0.39, 0.29) is 16.7 Å². The summed E-state index contributed by atoms with van der Waals surface area (Å²) in [5, 5.41) is 2.98. The van der Waals surface area contributed by atoms with E-state index in [0.29, 0.717) is 0 Å². The van der Waals surface area contributed by atoms with E-state index < -0.39 is 0 Å². The number of halogens is 1. The van der Waals surface area contributed by atoms with Crippen LogP contribution in [0.1, 0.15) is 34.1 Å². The summed E-state index contributed by atoms with van der Waals surface area (Å²) in [4.78, 5) is 13.2. The zero-order chi connectivity index (χ0) is 13.8. The van der Waals surface area contributed by atoms with Crippen molar-refractivity contribution in [2.75, 3.05) is 0 Å². The average Bonchev–Trinajstić information content (AvgIpc) is 2.28. The minimum atomic E-state index is -0.136. The Kier molecular flexibility index (Phi) is 5.73. The fourth-order valence-electron chi connectivity index (χ4n) is 1.32. The van der Waals surface area contributed by atoms with Gasteiger partial charge in [-0.2, -0.15) is 0 Å². The lowest BCUT2D eigenvalue weighted by Crippen LogP contribution is -2.46. The highest BCUT2D eigenvalue weighted by atomic mass is 79.9. The number of hydrogen-bond acceptors (Lipinski definition) is 2. The van der Waals surface area contributed by atoms with Crippen LogP contribution in [-0.4, -0.2) is 16.7 Å². The zero-order valence-corrected chi connectivity index (χ0v) is 13.7. The second kappa shape index (κ2) is 6.62. The molecule has 0 aliphatic heterocycles. The lowest BCUT2D eigenvalue weighted by Gasteiger charge is -2.26. The molecule has 100 valence electrons. The Labute approximate surface area is 122 Å². The molecule has 0 aliphatic carbocycles. The third-order valence-corrected chi connectivity index (χ3v) is 4.41.